The minimum atomic E-state index is 0.865. The van der Waals surface area contributed by atoms with Gasteiger partial charge in [0.15, 0.2) is 0 Å². The average Bonchev–Trinajstić information content (AvgIpc) is 2.44. The van der Waals surface area contributed by atoms with Crippen molar-refractivity contribution in [2.75, 3.05) is 18.1 Å². The molecule has 1 N–H and O–H groups in total. The fraction of sp³-hybridized carbons (Fsp3) is 0.500. The van der Waals surface area contributed by atoms with E-state index in [1.807, 2.05) is 6.26 Å². The molecule has 0 radical (unpaired) electrons. The van der Waals surface area contributed by atoms with E-state index in [1.54, 1.807) is 11.8 Å². The Bertz CT molecular complexity index is 246. The van der Waals surface area contributed by atoms with Crippen molar-refractivity contribution in [2.45, 2.75) is 11.4 Å². The molecule has 2 rings (SSSR count). The molecule has 0 saturated heterocycles. The Labute approximate surface area is 63.2 Å². The molecule has 4 heteroatoms. The summed E-state index contributed by atoms with van der Waals surface area (Å²) in [6.07, 6.45) is 3.06. The van der Waals surface area contributed by atoms with Crippen molar-refractivity contribution in [1.82, 2.24) is 5.16 Å². The first kappa shape index (κ1) is 6.09. The summed E-state index contributed by atoms with van der Waals surface area (Å²) in [6, 6.07) is 0. The van der Waals surface area contributed by atoms with Crippen LogP contribution in [-0.4, -0.2) is 18.0 Å². The molecule has 0 amide bonds. The van der Waals surface area contributed by atoms with Crippen LogP contribution in [0.1, 0.15) is 5.56 Å². The molecule has 2 heterocycles. The van der Waals surface area contributed by atoms with Gasteiger partial charge in [0.25, 0.3) is 0 Å². The molecule has 0 fully saturated rings. The molecule has 0 unspecified atom stereocenters. The predicted octanol–water partition coefficient (Wildman–Crippen LogP) is 1.36. The van der Waals surface area contributed by atoms with Crippen molar-refractivity contribution in [1.29, 1.82) is 0 Å². The Hall–Kier alpha value is -0.640. The monoisotopic (exact) mass is 156 g/mol. The van der Waals surface area contributed by atoms with Gasteiger partial charge in [0.1, 0.15) is 5.03 Å². The summed E-state index contributed by atoms with van der Waals surface area (Å²) < 4.78 is 5.02. The Balaban J connectivity index is 2.44. The Morgan fingerprint density at radius 3 is 3.40 bits per heavy atom. The quantitative estimate of drug-likeness (QED) is 0.623. The van der Waals surface area contributed by atoms with Crippen LogP contribution < -0.4 is 5.32 Å². The lowest BCUT2D eigenvalue weighted by Crippen LogP contribution is -1.92. The van der Waals surface area contributed by atoms with E-state index in [0.29, 0.717) is 0 Å². The minimum absolute atomic E-state index is 0.865. The molecule has 0 bridgehead atoms. The normalized spacial score (nSPS) is 14.9. The highest BCUT2D eigenvalue weighted by molar-refractivity contribution is 7.98. The first-order valence-corrected chi connectivity index (χ1v) is 4.40. The molecule has 3 nitrogen and oxygen atoms in total. The molecular weight excluding hydrogens is 148 g/mol. The fourth-order valence-electron chi connectivity index (χ4n) is 1.12. The van der Waals surface area contributed by atoms with Crippen LogP contribution in [0.15, 0.2) is 9.55 Å². The third-order valence-corrected chi connectivity index (χ3v) is 2.31. The van der Waals surface area contributed by atoms with Crippen molar-refractivity contribution in [3.05, 3.63) is 5.56 Å². The molecule has 0 atom stereocenters. The zero-order valence-electron chi connectivity index (χ0n) is 5.68. The molecular formula is C6H8N2OS. The summed E-state index contributed by atoms with van der Waals surface area (Å²) in [4.78, 5) is 0. The molecule has 1 aliphatic rings. The third kappa shape index (κ3) is 0.718. The highest BCUT2D eigenvalue weighted by Crippen LogP contribution is 2.30. The number of thioether (sulfide) groups is 1. The summed E-state index contributed by atoms with van der Waals surface area (Å²) in [6.45, 7) is 0.990. The molecule has 0 aliphatic carbocycles. The van der Waals surface area contributed by atoms with Crippen molar-refractivity contribution in [2.24, 2.45) is 0 Å². The maximum absolute atomic E-state index is 5.02. The molecule has 0 spiro atoms. The van der Waals surface area contributed by atoms with Crippen LogP contribution in [0.25, 0.3) is 0 Å². The number of anilines is 1. The maximum Gasteiger partial charge on any atom is 0.229 e. The molecule has 54 valence electrons. The average molecular weight is 156 g/mol. The van der Waals surface area contributed by atoms with Crippen LogP contribution in [-0.2, 0) is 6.42 Å². The van der Waals surface area contributed by atoms with Crippen molar-refractivity contribution >= 4 is 17.6 Å². The standard InChI is InChI=1S/C6H8N2OS/c1-10-6-4-2-3-7-5(4)9-8-6/h7H,2-3H2,1H3. The van der Waals surface area contributed by atoms with E-state index in [2.05, 4.69) is 10.5 Å². The van der Waals surface area contributed by atoms with E-state index >= 15 is 0 Å². The Kier molecular flexibility index (Phi) is 1.34. The van der Waals surface area contributed by atoms with Crippen molar-refractivity contribution < 1.29 is 4.52 Å². The Morgan fingerprint density at radius 1 is 1.70 bits per heavy atom. The Morgan fingerprint density at radius 2 is 2.60 bits per heavy atom. The van der Waals surface area contributed by atoms with Gasteiger partial charge >= 0.3 is 0 Å². The second-order valence-electron chi connectivity index (χ2n) is 2.18. The lowest BCUT2D eigenvalue weighted by Gasteiger charge is -1.86. The van der Waals surface area contributed by atoms with Gasteiger partial charge in [-0.25, -0.2) is 0 Å². The lowest BCUT2D eigenvalue weighted by atomic mass is 10.3. The largest absolute Gasteiger partial charge is 0.353 e. The van der Waals surface area contributed by atoms with Gasteiger partial charge in [-0.15, -0.1) is 11.8 Å². The van der Waals surface area contributed by atoms with E-state index in [1.165, 1.54) is 5.56 Å². The van der Waals surface area contributed by atoms with Gasteiger partial charge in [0, 0.05) is 6.54 Å². The topological polar surface area (TPSA) is 38.1 Å². The van der Waals surface area contributed by atoms with E-state index < -0.39 is 0 Å². The molecule has 0 saturated carbocycles. The van der Waals surface area contributed by atoms with E-state index in [9.17, 15) is 0 Å². The summed E-state index contributed by atoms with van der Waals surface area (Å²) in [5.74, 6) is 0.865. The maximum atomic E-state index is 5.02. The van der Waals surface area contributed by atoms with Gasteiger partial charge in [-0.05, 0) is 12.7 Å². The highest BCUT2D eigenvalue weighted by atomic mass is 32.2. The number of hydrogen-bond donors (Lipinski definition) is 1. The fourth-order valence-corrected chi connectivity index (χ4v) is 1.67. The molecule has 0 aromatic carbocycles. The van der Waals surface area contributed by atoms with Crippen LogP contribution in [0.4, 0.5) is 5.88 Å². The SMILES string of the molecule is CSc1noc2c1CCN2. The molecule has 10 heavy (non-hydrogen) atoms. The van der Waals surface area contributed by atoms with E-state index in [-0.39, 0.29) is 0 Å². The van der Waals surface area contributed by atoms with Gasteiger partial charge in [-0.1, -0.05) is 5.16 Å². The second kappa shape index (κ2) is 2.20. The third-order valence-electron chi connectivity index (χ3n) is 1.61. The summed E-state index contributed by atoms with van der Waals surface area (Å²) in [5, 5.41) is 8.02. The second-order valence-corrected chi connectivity index (χ2v) is 2.97. The van der Waals surface area contributed by atoms with Gasteiger partial charge in [-0.3, -0.25) is 0 Å². The summed E-state index contributed by atoms with van der Waals surface area (Å²) in [5.41, 5.74) is 1.24. The minimum Gasteiger partial charge on any atom is -0.353 e. The van der Waals surface area contributed by atoms with Crippen LogP contribution in [0.2, 0.25) is 0 Å². The number of nitrogens with one attached hydrogen (secondary N) is 1. The molecule has 1 aliphatic heterocycles. The van der Waals surface area contributed by atoms with Crippen LogP contribution in [0.5, 0.6) is 0 Å². The number of aromatic nitrogens is 1. The van der Waals surface area contributed by atoms with Gasteiger partial charge in [0.05, 0.1) is 5.56 Å². The number of nitrogens with zero attached hydrogens (tertiary/aromatic N) is 1. The highest BCUT2D eigenvalue weighted by Gasteiger charge is 2.19. The molecule has 1 aromatic rings. The smallest absolute Gasteiger partial charge is 0.229 e. The zero-order valence-corrected chi connectivity index (χ0v) is 6.49. The summed E-state index contributed by atoms with van der Waals surface area (Å²) >= 11 is 1.64. The van der Waals surface area contributed by atoms with Crippen LogP contribution in [0.3, 0.4) is 0 Å². The first-order chi connectivity index (χ1) is 4.92. The van der Waals surface area contributed by atoms with Gasteiger partial charge < -0.3 is 9.84 Å². The van der Waals surface area contributed by atoms with Gasteiger partial charge in [0.2, 0.25) is 5.88 Å². The zero-order chi connectivity index (χ0) is 6.97. The van der Waals surface area contributed by atoms with Crippen molar-refractivity contribution in [3.8, 4) is 0 Å². The summed E-state index contributed by atoms with van der Waals surface area (Å²) in [7, 11) is 0. The van der Waals surface area contributed by atoms with Crippen molar-refractivity contribution in [3.63, 3.8) is 0 Å². The van der Waals surface area contributed by atoms with E-state index in [0.717, 1.165) is 23.9 Å². The van der Waals surface area contributed by atoms with E-state index in [4.69, 9.17) is 4.52 Å². The van der Waals surface area contributed by atoms with Crippen LogP contribution >= 0.6 is 11.8 Å². The van der Waals surface area contributed by atoms with Crippen LogP contribution in [0, 0.1) is 0 Å². The molecule has 1 aromatic heterocycles. The number of rotatable bonds is 1. The number of hydrogen-bond acceptors (Lipinski definition) is 4. The van der Waals surface area contributed by atoms with Gasteiger partial charge in [-0.2, -0.15) is 0 Å². The first-order valence-electron chi connectivity index (χ1n) is 3.18. The number of fused-ring (bicyclic) bond motifs is 1. The lowest BCUT2D eigenvalue weighted by molar-refractivity contribution is 0.416. The predicted molar refractivity (Wildman–Crippen MR) is 40.5 cm³/mol.